The molecule has 0 spiro atoms. The Morgan fingerprint density at radius 2 is 2.00 bits per heavy atom. The van der Waals surface area contributed by atoms with E-state index >= 15 is 0 Å². The van der Waals surface area contributed by atoms with Crippen LogP contribution in [0, 0.1) is 17.8 Å². The third-order valence-corrected chi connectivity index (χ3v) is 5.69. The van der Waals surface area contributed by atoms with Gasteiger partial charge in [0.2, 0.25) is 0 Å². The molecule has 2 aliphatic carbocycles. The molecule has 2 nitrogen and oxygen atoms in total. The zero-order chi connectivity index (χ0) is 14.3. The largest absolute Gasteiger partial charge is 0.469 e. The Kier molecular flexibility index (Phi) is 3.96. The van der Waals surface area contributed by atoms with E-state index in [1.54, 1.807) is 0 Å². The van der Waals surface area contributed by atoms with Crippen LogP contribution in [-0.2, 0) is 9.53 Å². The minimum absolute atomic E-state index is 0.0315. The summed E-state index contributed by atoms with van der Waals surface area (Å²) in [6.45, 7) is 0. The molecule has 0 heterocycles. The first-order valence-electron chi connectivity index (χ1n) is 7.13. The highest BCUT2D eigenvalue weighted by atomic mass is 35.5. The Bertz CT molecular complexity index is 529. The zero-order valence-electron chi connectivity index (χ0n) is 11.4. The van der Waals surface area contributed by atoms with Gasteiger partial charge in [0.15, 0.2) is 0 Å². The van der Waals surface area contributed by atoms with Gasteiger partial charge in [0.05, 0.1) is 23.1 Å². The smallest absolute Gasteiger partial charge is 0.309 e. The molecule has 108 valence electrons. The molecule has 1 aromatic rings. The number of hydrogen-bond donors (Lipinski definition) is 0. The average Bonchev–Trinajstić information content (AvgIpc) is 2.82. The van der Waals surface area contributed by atoms with Crippen molar-refractivity contribution < 1.29 is 9.53 Å². The molecule has 2 bridgehead atoms. The molecular formula is C16H18Cl2O2. The molecule has 1 aromatic carbocycles. The normalized spacial score (nSPS) is 32.1. The van der Waals surface area contributed by atoms with Crippen LogP contribution in [0.25, 0.3) is 0 Å². The fourth-order valence-corrected chi connectivity index (χ4v) is 4.37. The predicted octanol–water partition coefficient (Wildman–Crippen LogP) is 4.69. The predicted molar refractivity (Wildman–Crippen MR) is 80.2 cm³/mol. The summed E-state index contributed by atoms with van der Waals surface area (Å²) in [7, 11) is 1.48. The van der Waals surface area contributed by atoms with Gasteiger partial charge in [0, 0.05) is 0 Å². The van der Waals surface area contributed by atoms with Crippen LogP contribution in [0.2, 0.25) is 10.0 Å². The maximum absolute atomic E-state index is 12.2. The number of rotatable bonds is 2. The van der Waals surface area contributed by atoms with Crippen molar-refractivity contribution in [2.75, 3.05) is 7.11 Å². The first kappa shape index (κ1) is 14.2. The van der Waals surface area contributed by atoms with Crippen LogP contribution in [-0.4, -0.2) is 13.1 Å². The van der Waals surface area contributed by atoms with Crippen molar-refractivity contribution in [1.82, 2.24) is 0 Å². The second kappa shape index (κ2) is 5.57. The van der Waals surface area contributed by atoms with Crippen LogP contribution in [0.4, 0.5) is 0 Å². The SMILES string of the molecule is COC(=O)[C@H]1C2CCC(C2)C[C@H]1c1ccc(Cl)c(Cl)c1. The van der Waals surface area contributed by atoms with Gasteiger partial charge in [-0.05, 0) is 54.7 Å². The van der Waals surface area contributed by atoms with Crippen molar-refractivity contribution >= 4 is 29.2 Å². The average molecular weight is 313 g/mol. The Hall–Kier alpha value is -0.730. The third kappa shape index (κ3) is 2.44. The summed E-state index contributed by atoms with van der Waals surface area (Å²) < 4.78 is 5.05. The van der Waals surface area contributed by atoms with Crippen molar-refractivity contribution in [3.8, 4) is 0 Å². The van der Waals surface area contributed by atoms with Crippen molar-refractivity contribution in [2.45, 2.75) is 31.6 Å². The van der Waals surface area contributed by atoms with Gasteiger partial charge >= 0.3 is 5.97 Å². The molecule has 0 aromatic heterocycles. The molecule has 0 aliphatic heterocycles. The highest BCUT2D eigenvalue weighted by molar-refractivity contribution is 6.42. The topological polar surface area (TPSA) is 26.3 Å². The molecule has 0 N–H and O–H groups in total. The summed E-state index contributed by atoms with van der Waals surface area (Å²) in [5.74, 6) is 1.30. The van der Waals surface area contributed by atoms with Crippen LogP contribution < -0.4 is 0 Å². The third-order valence-electron chi connectivity index (χ3n) is 4.96. The van der Waals surface area contributed by atoms with Crippen LogP contribution in [0.1, 0.15) is 37.2 Å². The van der Waals surface area contributed by atoms with Gasteiger partial charge in [-0.3, -0.25) is 4.79 Å². The van der Waals surface area contributed by atoms with E-state index < -0.39 is 0 Å². The van der Waals surface area contributed by atoms with Gasteiger partial charge in [0.25, 0.3) is 0 Å². The van der Waals surface area contributed by atoms with E-state index in [0.29, 0.717) is 16.0 Å². The fraction of sp³-hybridized carbons (Fsp3) is 0.562. The second-order valence-corrected chi connectivity index (χ2v) is 6.82. The molecular weight excluding hydrogens is 295 g/mol. The number of esters is 1. The highest BCUT2D eigenvalue weighted by Gasteiger charge is 2.46. The van der Waals surface area contributed by atoms with Gasteiger partial charge < -0.3 is 4.74 Å². The number of ether oxygens (including phenoxy) is 1. The summed E-state index contributed by atoms with van der Waals surface area (Å²) in [6, 6.07) is 5.74. The van der Waals surface area contributed by atoms with Crippen LogP contribution in [0.3, 0.4) is 0 Å². The van der Waals surface area contributed by atoms with E-state index in [0.717, 1.165) is 30.7 Å². The number of benzene rings is 1. The maximum Gasteiger partial charge on any atom is 0.309 e. The highest BCUT2D eigenvalue weighted by Crippen LogP contribution is 2.52. The Labute approximate surface area is 129 Å². The monoisotopic (exact) mass is 312 g/mol. The van der Waals surface area contributed by atoms with E-state index in [2.05, 4.69) is 0 Å². The summed E-state index contributed by atoms with van der Waals surface area (Å²) in [6.07, 6.45) is 4.59. The maximum atomic E-state index is 12.2. The first-order chi connectivity index (χ1) is 9.60. The Balaban J connectivity index is 1.96. The Morgan fingerprint density at radius 3 is 2.70 bits per heavy atom. The van der Waals surface area contributed by atoms with E-state index in [1.165, 1.54) is 13.5 Å². The summed E-state index contributed by atoms with van der Waals surface area (Å²) in [5, 5.41) is 1.12. The number of carbonyl (C=O) groups is 1. The molecule has 3 rings (SSSR count). The lowest BCUT2D eigenvalue weighted by atomic mass is 9.69. The number of hydrogen-bond acceptors (Lipinski definition) is 2. The summed E-state index contributed by atoms with van der Waals surface area (Å²) in [4.78, 5) is 12.2. The first-order valence-corrected chi connectivity index (χ1v) is 7.88. The van der Waals surface area contributed by atoms with Gasteiger partial charge in [-0.1, -0.05) is 35.7 Å². The van der Waals surface area contributed by atoms with E-state index in [-0.39, 0.29) is 17.8 Å². The van der Waals surface area contributed by atoms with Crippen molar-refractivity contribution in [3.05, 3.63) is 33.8 Å². The van der Waals surface area contributed by atoms with Gasteiger partial charge in [-0.15, -0.1) is 0 Å². The molecule has 4 atom stereocenters. The standard InChI is InChI=1S/C16H18Cl2O2/c1-20-16(19)15-11-3-2-9(6-11)7-12(15)10-4-5-13(17)14(18)8-10/h4-5,8-9,11-12,15H,2-3,6-7H2,1H3/t9?,11?,12-,15-/m0/s1. The minimum atomic E-state index is -0.0774. The number of methoxy groups -OCH3 is 1. The van der Waals surface area contributed by atoms with Crippen LogP contribution in [0.5, 0.6) is 0 Å². The molecule has 0 saturated heterocycles. The number of carbonyl (C=O) groups excluding carboxylic acids is 1. The lowest BCUT2D eigenvalue weighted by Gasteiger charge is -2.35. The number of fused-ring (bicyclic) bond motifs is 2. The molecule has 0 radical (unpaired) electrons. The van der Waals surface area contributed by atoms with Crippen molar-refractivity contribution in [1.29, 1.82) is 0 Å². The molecule has 2 unspecified atom stereocenters. The van der Waals surface area contributed by atoms with Gasteiger partial charge in [-0.2, -0.15) is 0 Å². The minimum Gasteiger partial charge on any atom is -0.469 e. The number of halogens is 2. The molecule has 4 heteroatoms. The lowest BCUT2D eigenvalue weighted by Crippen LogP contribution is -2.33. The molecule has 0 amide bonds. The van der Waals surface area contributed by atoms with Gasteiger partial charge in [0.1, 0.15) is 0 Å². The summed E-state index contributed by atoms with van der Waals surface area (Å²) in [5.41, 5.74) is 1.12. The lowest BCUT2D eigenvalue weighted by molar-refractivity contribution is -0.149. The molecule has 2 aliphatic rings. The Morgan fingerprint density at radius 1 is 1.20 bits per heavy atom. The fourth-order valence-electron chi connectivity index (χ4n) is 4.07. The zero-order valence-corrected chi connectivity index (χ0v) is 13.0. The van der Waals surface area contributed by atoms with Crippen molar-refractivity contribution in [3.63, 3.8) is 0 Å². The quantitative estimate of drug-likeness (QED) is 0.741. The molecule has 2 saturated carbocycles. The van der Waals surface area contributed by atoms with E-state index in [1.807, 2.05) is 18.2 Å². The van der Waals surface area contributed by atoms with Gasteiger partial charge in [-0.25, -0.2) is 0 Å². The van der Waals surface area contributed by atoms with Crippen molar-refractivity contribution in [2.24, 2.45) is 17.8 Å². The van der Waals surface area contributed by atoms with E-state index in [9.17, 15) is 4.79 Å². The second-order valence-electron chi connectivity index (χ2n) is 6.00. The molecule has 20 heavy (non-hydrogen) atoms. The van der Waals surface area contributed by atoms with Crippen LogP contribution in [0.15, 0.2) is 18.2 Å². The van der Waals surface area contributed by atoms with Crippen LogP contribution >= 0.6 is 23.2 Å². The summed E-state index contributed by atoms with van der Waals surface area (Å²) >= 11 is 12.1. The van der Waals surface area contributed by atoms with E-state index in [4.69, 9.17) is 27.9 Å². The molecule has 2 fully saturated rings.